The highest BCUT2D eigenvalue weighted by molar-refractivity contribution is 6.02. The Bertz CT molecular complexity index is 698. The van der Waals surface area contributed by atoms with E-state index in [1.165, 1.54) is 23.1 Å². The normalized spacial score (nSPS) is 19.6. The van der Waals surface area contributed by atoms with Crippen LogP contribution in [0.3, 0.4) is 0 Å². The van der Waals surface area contributed by atoms with Gasteiger partial charge in [-0.15, -0.1) is 12.4 Å². The lowest BCUT2D eigenvalue weighted by Gasteiger charge is -2.34. The molecule has 2 heterocycles. The lowest BCUT2D eigenvalue weighted by molar-refractivity contribution is -0.384. The number of piperazine rings is 1. The van der Waals surface area contributed by atoms with Gasteiger partial charge in [0.2, 0.25) is 5.91 Å². The second-order valence-corrected chi connectivity index (χ2v) is 5.87. The zero-order valence-corrected chi connectivity index (χ0v) is 14.5. The maximum Gasteiger partial charge on any atom is 0.271 e. The molecule has 2 amide bonds. The minimum Gasteiger partial charge on any atom is -0.482 e. The lowest BCUT2D eigenvalue weighted by atomic mass is 10.2. The van der Waals surface area contributed by atoms with Crippen molar-refractivity contribution in [3.8, 4) is 5.75 Å². The fourth-order valence-electron chi connectivity index (χ4n) is 2.87. The molecule has 1 unspecified atom stereocenters. The van der Waals surface area contributed by atoms with Gasteiger partial charge < -0.3 is 15.0 Å². The molecule has 3 rings (SSSR count). The third-order valence-corrected chi connectivity index (χ3v) is 4.11. The number of nitro benzene ring substituents is 1. The van der Waals surface area contributed by atoms with Crippen molar-refractivity contribution >= 4 is 35.6 Å². The summed E-state index contributed by atoms with van der Waals surface area (Å²) in [6.07, 6.45) is 0. The molecule has 0 bridgehead atoms. The molecule has 2 aliphatic rings. The molecule has 0 saturated carbocycles. The Labute approximate surface area is 150 Å². The molecule has 1 atom stereocenters. The number of benzene rings is 1. The maximum atomic E-state index is 12.5. The smallest absolute Gasteiger partial charge is 0.271 e. The molecule has 25 heavy (non-hydrogen) atoms. The largest absolute Gasteiger partial charge is 0.482 e. The number of nitrogens with zero attached hydrogens (tertiary/aromatic N) is 3. The van der Waals surface area contributed by atoms with Gasteiger partial charge in [-0.2, -0.15) is 0 Å². The minimum absolute atomic E-state index is 0. The van der Waals surface area contributed by atoms with Gasteiger partial charge in [0.25, 0.3) is 11.6 Å². The molecular weight excluding hydrogens is 352 g/mol. The van der Waals surface area contributed by atoms with Crippen LogP contribution in [0.1, 0.15) is 6.92 Å². The number of halogens is 1. The molecule has 0 spiro atoms. The van der Waals surface area contributed by atoms with Gasteiger partial charge in [-0.25, -0.2) is 0 Å². The Morgan fingerprint density at radius 1 is 1.48 bits per heavy atom. The summed E-state index contributed by atoms with van der Waals surface area (Å²) >= 11 is 0. The van der Waals surface area contributed by atoms with Crippen LogP contribution in [0.5, 0.6) is 5.75 Å². The Kier molecular flexibility index (Phi) is 5.81. The third kappa shape index (κ3) is 3.99. The van der Waals surface area contributed by atoms with Crippen molar-refractivity contribution in [2.75, 3.05) is 37.7 Å². The minimum atomic E-state index is -0.544. The first-order valence-corrected chi connectivity index (χ1v) is 7.68. The van der Waals surface area contributed by atoms with Crippen LogP contribution in [0.2, 0.25) is 0 Å². The summed E-state index contributed by atoms with van der Waals surface area (Å²) in [5, 5.41) is 14.2. The standard InChI is InChI=1S/C15H18N4O5.ClH/c1-10-7-17(5-4-16-10)14(20)8-18-12-6-11(19(22)23)2-3-13(12)24-9-15(18)21;/h2-3,6,10,16H,4-5,7-9H2,1H3;1H. The monoisotopic (exact) mass is 370 g/mol. The summed E-state index contributed by atoms with van der Waals surface area (Å²) in [5.74, 6) is -0.211. The van der Waals surface area contributed by atoms with E-state index in [4.69, 9.17) is 4.74 Å². The van der Waals surface area contributed by atoms with Crippen molar-refractivity contribution in [2.24, 2.45) is 0 Å². The van der Waals surface area contributed by atoms with Crippen LogP contribution in [-0.2, 0) is 9.59 Å². The van der Waals surface area contributed by atoms with Gasteiger partial charge in [0.15, 0.2) is 6.61 Å². The maximum absolute atomic E-state index is 12.5. The Hall–Kier alpha value is -2.39. The van der Waals surface area contributed by atoms with Crippen LogP contribution in [0.25, 0.3) is 0 Å². The van der Waals surface area contributed by atoms with Gasteiger partial charge in [-0.3, -0.25) is 24.6 Å². The molecule has 136 valence electrons. The van der Waals surface area contributed by atoms with E-state index < -0.39 is 4.92 Å². The predicted molar refractivity (Wildman–Crippen MR) is 92.2 cm³/mol. The summed E-state index contributed by atoms with van der Waals surface area (Å²) in [7, 11) is 0. The first kappa shape index (κ1) is 18.9. The number of rotatable bonds is 3. The first-order chi connectivity index (χ1) is 11.5. The van der Waals surface area contributed by atoms with Crippen LogP contribution < -0.4 is 15.0 Å². The molecule has 1 aromatic rings. The number of carbonyl (C=O) groups excluding carboxylic acids is 2. The summed E-state index contributed by atoms with van der Waals surface area (Å²) < 4.78 is 5.30. The summed E-state index contributed by atoms with van der Waals surface area (Å²) in [6.45, 7) is 3.49. The van der Waals surface area contributed by atoms with Crippen molar-refractivity contribution in [1.82, 2.24) is 10.2 Å². The number of nitro groups is 1. The molecule has 0 aromatic heterocycles. The van der Waals surface area contributed by atoms with Crippen LogP contribution in [0, 0.1) is 10.1 Å². The van der Waals surface area contributed by atoms with E-state index in [0.29, 0.717) is 25.4 Å². The summed E-state index contributed by atoms with van der Waals surface area (Å²) in [4.78, 5) is 38.1. The Morgan fingerprint density at radius 3 is 2.92 bits per heavy atom. The average Bonchev–Trinajstić information content (AvgIpc) is 2.56. The number of fused-ring (bicyclic) bond motifs is 1. The number of non-ortho nitro benzene ring substituents is 1. The van der Waals surface area contributed by atoms with Gasteiger partial charge in [-0.05, 0) is 13.0 Å². The van der Waals surface area contributed by atoms with Gasteiger partial charge >= 0.3 is 0 Å². The molecule has 10 heteroatoms. The molecule has 1 aromatic carbocycles. The summed E-state index contributed by atoms with van der Waals surface area (Å²) in [5.41, 5.74) is 0.109. The van der Waals surface area contributed by atoms with E-state index in [-0.39, 0.29) is 54.8 Å². The van der Waals surface area contributed by atoms with Crippen LogP contribution in [0.4, 0.5) is 11.4 Å². The molecule has 0 aliphatic carbocycles. The molecule has 0 radical (unpaired) electrons. The second-order valence-electron chi connectivity index (χ2n) is 5.87. The van der Waals surface area contributed by atoms with Crippen LogP contribution in [0.15, 0.2) is 18.2 Å². The van der Waals surface area contributed by atoms with Gasteiger partial charge in [-0.1, -0.05) is 0 Å². The molecule has 9 nitrogen and oxygen atoms in total. The van der Waals surface area contributed by atoms with Crippen molar-refractivity contribution < 1.29 is 19.2 Å². The molecule has 1 fully saturated rings. The van der Waals surface area contributed by atoms with Crippen LogP contribution in [-0.4, -0.2) is 60.5 Å². The molecule has 2 aliphatic heterocycles. The van der Waals surface area contributed by atoms with Crippen molar-refractivity contribution in [3.05, 3.63) is 28.3 Å². The zero-order chi connectivity index (χ0) is 17.3. The SMILES string of the molecule is CC1CN(C(=O)CN2C(=O)COc3ccc([N+](=O)[O-])cc32)CCN1.Cl. The van der Waals surface area contributed by atoms with E-state index in [2.05, 4.69) is 5.32 Å². The van der Waals surface area contributed by atoms with Gasteiger partial charge in [0.05, 0.1) is 10.6 Å². The van der Waals surface area contributed by atoms with Crippen molar-refractivity contribution in [3.63, 3.8) is 0 Å². The lowest BCUT2D eigenvalue weighted by Crippen LogP contribution is -2.54. The molecule has 1 N–H and O–H groups in total. The Morgan fingerprint density at radius 2 is 2.24 bits per heavy atom. The summed E-state index contributed by atoms with van der Waals surface area (Å²) in [6, 6.07) is 4.22. The first-order valence-electron chi connectivity index (χ1n) is 7.68. The van der Waals surface area contributed by atoms with E-state index in [0.717, 1.165) is 0 Å². The fraction of sp³-hybridized carbons (Fsp3) is 0.467. The number of hydrogen-bond acceptors (Lipinski definition) is 6. The highest BCUT2D eigenvalue weighted by Gasteiger charge is 2.31. The predicted octanol–water partition coefficient (Wildman–Crippen LogP) is 0.562. The molecular formula is C15H19ClN4O5. The number of carbonyl (C=O) groups is 2. The number of nitrogens with one attached hydrogen (secondary N) is 1. The number of amides is 2. The quantitative estimate of drug-likeness (QED) is 0.615. The molecule has 1 saturated heterocycles. The van der Waals surface area contributed by atoms with Crippen LogP contribution >= 0.6 is 12.4 Å². The third-order valence-electron chi connectivity index (χ3n) is 4.11. The number of ether oxygens (including phenoxy) is 1. The number of hydrogen-bond donors (Lipinski definition) is 1. The number of anilines is 1. The van der Waals surface area contributed by atoms with Gasteiger partial charge in [0, 0.05) is 37.8 Å². The second kappa shape index (κ2) is 7.66. The fourth-order valence-corrected chi connectivity index (χ4v) is 2.87. The van der Waals surface area contributed by atoms with Crippen molar-refractivity contribution in [2.45, 2.75) is 13.0 Å². The van der Waals surface area contributed by atoms with Gasteiger partial charge in [0.1, 0.15) is 12.3 Å². The van der Waals surface area contributed by atoms with Crippen molar-refractivity contribution in [1.29, 1.82) is 0 Å². The van der Waals surface area contributed by atoms with E-state index in [1.807, 2.05) is 6.92 Å². The average molecular weight is 371 g/mol. The zero-order valence-electron chi connectivity index (χ0n) is 13.6. The highest BCUT2D eigenvalue weighted by Crippen LogP contribution is 2.35. The highest BCUT2D eigenvalue weighted by atomic mass is 35.5. The van der Waals surface area contributed by atoms with E-state index in [1.54, 1.807) is 4.90 Å². The topological polar surface area (TPSA) is 105 Å². The van der Waals surface area contributed by atoms with E-state index >= 15 is 0 Å². The van der Waals surface area contributed by atoms with E-state index in [9.17, 15) is 19.7 Å². The Balaban J connectivity index is 0.00000225.